The molecule has 36 heavy (non-hydrogen) atoms. The lowest BCUT2D eigenvalue weighted by atomic mass is 9.92. The summed E-state index contributed by atoms with van der Waals surface area (Å²) in [6, 6.07) is 19.3. The minimum atomic E-state index is -1.17. The lowest BCUT2D eigenvalue weighted by Crippen LogP contribution is -2.46. The standard InChI is InChI=1S/C28H39N3O5/c1-20(2)25(31-28(35)36)18-17-24(30-27(33)34)19-29-26(32)23(15-13-21-9-5-3-6-10-21)16-14-22-11-7-4-8-12-22/h3-12,20,23-25,30-31H,13-19H2,1-2H3,(H,29,32)(H,33,34)(H,35,36). The number of amides is 3. The van der Waals surface area contributed by atoms with Gasteiger partial charge < -0.3 is 26.2 Å². The number of hydrogen-bond acceptors (Lipinski definition) is 3. The smallest absolute Gasteiger partial charge is 0.404 e. The maximum atomic E-state index is 13.2. The molecule has 8 nitrogen and oxygen atoms in total. The van der Waals surface area contributed by atoms with Crippen LogP contribution in [0, 0.1) is 11.8 Å². The third-order valence-electron chi connectivity index (χ3n) is 6.41. The van der Waals surface area contributed by atoms with Gasteiger partial charge in [-0.25, -0.2) is 9.59 Å². The molecule has 3 amide bonds. The fourth-order valence-corrected chi connectivity index (χ4v) is 4.26. The first-order valence-electron chi connectivity index (χ1n) is 12.6. The SMILES string of the molecule is CC(C)C(CCC(CNC(=O)C(CCc1ccccc1)CCc1ccccc1)NC(=O)O)NC(=O)O. The van der Waals surface area contributed by atoms with Crippen LogP contribution >= 0.6 is 0 Å². The molecular weight excluding hydrogens is 458 g/mol. The van der Waals surface area contributed by atoms with Gasteiger partial charge in [-0.3, -0.25) is 4.79 Å². The Morgan fingerprint density at radius 2 is 1.22 bits per heavy atom. The van der Waals surface area contributed by atoms with Crippen molar-refractivity contribution in [3.8, 4) is 0 Å². The molecule has 5 N–H and O–H groups in total. The summed E-state index contributed by atoms with van der Waals surface area (Å²) in [6.45, 7) is 3.97. The Morgan fingerprint density at radius 3 is 1.67 bits per heavy atom. The van der Waals surface area contributed by atoms with Crippen LogP contribution in [0.1, 0.15) is 50.7 Å². The van der Waals surface area contributed by atoms with Crippen molar-refractivity contribution >= 4 is 18.1 Å². The summed E-state index contributed by atoms with van der Waals surface area (Å²) < 4.78 is 0. The highest BCUT2D eigenvalue weighted by Crippen LogP contribution is 2.18. The number of nitrogens with one attached hydrogen (secondary N) is 3. The third kappa shape index (κ3) is 11.3. The second-order valence-electron chi connectivity index (χ2n) is 9.51. The normalized spacial score (nSPS) is 12.7. The molecule has 2 aromatic rings. The Balaban J connectivity index is 1.99. The van der Waals surface area contributed by atoms with E-state index in [0.29, 0.717) is 25.7 Å². The number of carbonyl (C=O) groups is 3. The highest BCUT2D eigenvalue weighted by molar-refractivity contribution is 5.78. The van der Waals surface area contributed by atoms with Crippen LogP contribution in [0.4, 0.5) is 9.59 Å². The summed E-state index contributed by atoms with van der Waals surface area (Å²) in [5.41, 5.74) is 2.34. The highest BCUT2D eigenvalue weighted by Gasteiger charge is 2.22. The molecule has 0 saturated heterocycles. The first-order chi connectivity index (χ1) is 17.2. The molecule has 0 aliphatic rings. The van der Waals surface area contributed by atoms with Crippen molar-refractivity contribution in [2.45, 2.75) is 64.5 Å². The minimum absolute atomic E-state index is 0.0570. The number of carboxylic acid groups (broad SMARTS) is 2. The molecule has 2 atom stereocenters. The molecule has 0 aliphatic heterocycles. The van der Waals surface area contributed by atoms with Gasteiger partial charge in [-0.1, -0.05) is 74.5 Å². The van der Waals surface area contributed by atoms with Gasteiger partial charge in [-0.15, -0.1) is 0 Å². The molecule has 196 valence electrons. The van der Waals surface area contributed by atoms with Crippen LogP contribution in [0.5, 0.6) is 0 Å². The van der Waals surface area contributed by atoms with E-state index in [1.807, 2.05) is 50.2 Å². The zero-order valence-electron chi connectivity index (χ0n) is 21.2. The Bertz CT molecular complexity index is 893. The van der Waals surface area contributed by atoms with E-state index in [1.165, 1.54) is 11.1 Å². The number of benzene rings is 2. The summed E-state index contributed by atoms with van der Waals surface area (Å²) in [7, 11) is 0. The van der Waals surface area contributed by atoms with E-state index in [2.05, 4.69) is 40.2 Å². The zero-order chi connectivity index (χ0) is 26.3. The molecule has 8 heteroatoms. The zero-order valence-corrected chi connectivity index (χ0v) is 21.2. The first kappa shape index (κ1) is 28.7. The van der Waals surface area contributed by atoms with E-state index in [0.717, 1.165) is 12.8 Å². The van der Waals surface area contributed by atoms with E-state index < -0.39 is 18.2 Å². The lowest BCUT2D eigenvalue weighted by molar-refractivity contribution is -0.125. The Labute approximate surface area is 213 Å². The van der Waals surface area contributed by atoms with Gasteiger partial charge in [0.25, 0.3) is 0 Å². The molecule has 0 aromatic heterocycles. The molecule has 0 spiro atoms. The van der Waals surface area contributed by atoms with Gasteiger partial charge in [-0.05, 0) is 55.6 Å². The number of carbonyl (C=O) groups excluding carboxylic acids is 1. The van der Waals surface area contributed by atoms with Crippen LogP contribution in [0.25, 0.3) is 0 Å². The first-order valence-corrected chi connectivity index (χ1v) is 12.6. The van der Waals surface area contributed by atoms with Gasteiger partial charge >= 0.3 is 12.2 Å². The number of aryl methyl sites for hydroxylation is 2. The molecular formula is C28H39N3O5. The van der Waals surface area contributed by atoms with E-state index >= 15 is 0 Å². The van der Waals surface area contributed by atoms with Gasteiger partial charge in [0.15, 0.2) is 0 Å². The molecule has 0 bridgehead atoms. The average molecular weight is 498 g/mol. The van der Waals surface area contributed by atoms with Crippen molar-refractivity contribution in [1.82, 2.24) is 16.0 Å². The Kier molecular flexibility index (Phi) is 12.3. The van der Waals surface area contributed by atoms with Crippen LogP contribution in [0.15, 0.2) is 60.7 Å². The maximum Gasteiger partial charge on any atom is 0.404 e. The predicted octanol–water partition coefficient (Wildman–Crippen LogP) is 4.69. The third-order valence-corrected chi connectivity index (χ3v) is 6.41. The predicted molar refractivity (Wildman–Crippen MR) is 140 cm³/mol. The average Bonchev–Trinajstić information content (AvgIpc) is 2.85. The quantitative estimate of drug-likeness (QED) is 0.244. The van der Waals surface area contributed by atoms with E-state index in [4.69, 9.17) is 5.11 Å². The van der Waals surface area contributed by atoms with E-state index in [-0.39, 0.29) is 30.3 Å². The van der Waals surface area contributed by atoms with E-state index in [9.17, 15) is 19.5 Å². The van der Waals surface area contributed by atoms with Crippen molar-refractivity contribution in [2.75, 3.05) is 6.54 Å². The van der Waals surface area contributed by atoms with Crippen molar-refractivity contribution in [3.63, 3.8) is 0 Å². The van der Waals surface area contributed by atoms with E-state index in [1.54, 1.807) is 0 Å². The molecule has 0 fully saturated rings. The Morgan fingerprint density at radius 1 is 0.722 bits per heavy atom. The molecule has 0 radical (unpaired) electrons. The summed E-state index contributed by atoms with van der Waals surface area (Å²) >= 11 is 0. The van der Waals surface area contributed by atoms with Gasteiger partial charge in [-0.2, -0.15) is 0 Å². The van der Waals surface area contributed by atoms with Gasteiger partial charge in [0, 0.05) is 24.5 Å². The topological polar surface area (TPSA) is 128 Å². The van der Waals surface area contributed by atoms with Gasteiger partial charge in [0.05, 0.1) is 0 Å². The second-order valence-corrected chi connectivity index (χ2v) is 9.51. The molecule has 2 unspecified atom stereocenters. The highest BCUT2D eigenvalue weighted by atomic mass is 16.4. The maximum absolute atomic E-state index is 13.2. The minimum Gasteiger partial charge on any atom is -0.465 e. The molecule has 2 aromatic carbocycles. The van der Waals surface area contributed by atoms with Crippen molar-refractivity contribution < 1.29 is 24.6 Å². The molecule has 0 heterocycles. The molecule has 0 aliphatic carbocycles. The molecule has 0 saturated carbocycles. The fourth-order valence-electron chi connectivity index (χ4n) is 4.26. The van der Waals surface area contributed by atoms with Crippen LogP contribution in [0.2, 0.25) is 0 Å². The number of rotatable bonds is 15. The summed E-state index contributed by atoms with van der Waals surface area (Å²) in [6.07, 6.45) is 1.51. The molecule has 2 rings (SSSR count). The van der Waals surface area contributed by atoms with Gasteiger partial charge in [0.1, 0.15) is 0 Å². The summed E-state index contributed by atoms with van der Waals surface area (Å²) in [5, 5.41) is 26.2. The van der Waals surface area contributed by atoms with Crippen molar-refractivity contribution in [1.29, 1.82) is 0 Å². The number of hydrogen-bond donors (Lipinski definition) is 5. The van der Waals surface area contributed by atoms with Crippen LogP contribution < -0.4 is 16.0 Å². The largest absolute Gasteiger partial charge is 0.465 e. The van der Waals surface area contributed by atoms with Crippen LogP contribution in [-0.4, -0.2) is 46.9 Å². The monoisotopic (exact) mass is 497 g/mol. The Hall–Kier alpha value is -3.55. The van der Waals surface area contributed by atoms with Gasteiger partial charge in [0.2, 0.25) is 5.91 Å². The van der Waals surface area contributed by atoms with Crippen molar-refractivity contribution in [2.24, 2.45) is 11.8 Å². The second kappa shape index (κ2) is 15.4. The fraction of sp³-hybridized carbons (Fsp3) is 0.464. The van der Waals surface area contributed by atoms with Crippen LogP contribution in [0.3, 0.4) is 0 Å². The van der Waals surface area contributed by atoms with Crippen LogP contribution in [-0.2, 0) is 17.6 Å². The summed E-state index contributed by atoms with van der Waals surface area (Å²) in [4.78, 5) is 35.6. The lowest BCUT2D eigenvalue weighted by Gasteiger charge is -2.25. The van der Waals surface area contributed by atoms with Crippen molar-refractivity contribution in [3.05, 3.63) is 71.8 Å². The summed E-state index contributed by atoms with van der Waals surface area (Å²) in [5.74, 6) is -0.252.